The SMILES string of the molecule is CC(C)(C)OC(=O)COC1=CC(=NC=O)c2ccccc2C1=O.COC.Cc1cccs1. The predicted molar refractivity (Wildman–Crippen MR) is 125 cm³/mol. The fraction of sp³-hybridized carbons (Fsp3) is 0.333. The Hall–Kier alpha value is -3.10. The number of amides is 1. The van der Waals surface area contributed by atoms with E-state index < -0.39 is 18.2 Å². The molecule has 32 heavy (non-hydrogen) atoms. The maximum absolute atomic E-state index is 12.4. The first-order valence-corrected chi connectivity index (χ1v) is 10.6. The predicted octanol–water partition coefficient (Wildman–Crippen LogP) is 4.39. The normalized spacial score (nSPS) is 13.5. The summed E-state index contributed by atoms with van der Waals surface area (Å²) in [5, 5.41) is 2.08. The number of methoxy groups -OCH3 is 1. The number of ketones is 1. The number of carbonyl (C=O) groups excluding carboxylic acids is 3. The van der Waals surface area contributed by atoms with E-state index in [1.807, 2.05) is 0 Å². The van der Waals surface area contributed by atoms with Gasteiger partial charge in [0.2, 0.25) is 12.2 Å². The van der Waals surface area contributed by atoms with Crippen LogP contribution in [0.5, 0.6) is 0 Å². The van der Waals surface area contributed by atoms with Gasteiger partial charge in [0.25, 0.3) is 0 Å². The van der Waals surface area contributed by atoms with E-state index in [9.17, 15) is 14.4 Å². The summed E-state index contributed by atoms with van der Waals surface area (Å²) in [7, 11) is 3.25. The second-order valence-electron chi connectivity index (χ2n) is 7.51. The molecular formula is C24H29NO6S. The van der Waals surface area contributed by atoms with Gasteiger partial charge >= 0.3 is 5.97 Å². The number of nitrogens with zero attached hydrogens (tertiary/aromatic N) is 1. The molecule has 1 aromatic carbocycles. The van der Waals surface area contributed by atoms with Crippen molar-refractivity contribution < 1.29 is 28.6 Å². The number of aliphatic imine (C=N–C) groups is 1. The highest BCUT2D eigenvalue weighted by Gasteiger charge is 2.26. The van der Waals surface area contributed by atoms with E-state index in [2.05, 4.69) is 34.2 Å². The lowest BCUT2D eigenvalue weighted by Gasteiger charge is -2.21. The molecule has 0 N–H and O–H groups in total. The van der Waals surface area contributed by atoms with Crippen molar-refractivity contribution >= 4 is 35.2 Å². The average molecular weight is 460 g/mol. The van der Waals surface area contributed by atoms with Gasteiger partial charge in [-0.3, -0.25) is 9.59 Å². The van der Waals surface area contributed by atoms with Crippen LogP contribution in [0.3, 0.4) is 0 Å². The van der Waals surface area contributed by atoms with Gasteiger partial charge in [-0.1, -0.05) is 30.3 Å². The summed E-state index contributed by atoms with van der Waals surface area (Å²) >= 11 is 1.78. The molecular weight excluding hydrogens is 430 g/mol. The third-order valence-electron chi connectivity index (χ3n) is 3.56. The number of aryl methyl sites for hydroxylation is 1. The number of benzene rings is 1. The Morgan fingerprint density at radius 2 is 1.72 bits per heavy atom. The van der Waals surface area contributed by atoms with Crippen molar-refractivity contribution in [2.75, 3.05) is 20.8 Å². The lowest BCUT2D eigenvalue weighted by molar-refractivity contribution is -0.158. The van der Waals surface area contributed by atoms with Crippen LogP contribution in [-0.4, -0.2) is 50.3 Å². The maximum atomic E-state index is 12.4. The summed E-state index contributed by atoms with van der Waals surface area (Å²) in [5.41, 5.74) is 0.598. The van der Waals surface area contributed by atoms with E-state index in [0.29, 0.717) is 23.2 Å². The largest absolute Gasteiger partial charge is 0.478 e. The van der Waals surface area contributed by atoms with Crippen LogP contribution in [-0.2, 0) is 23.8 Å². The number of esters is 1. The molecule has 3 rings (SSSR count). The Bertz CT molecular complexity index is 955. The smallest absolute Gasteiger partial charge is 0.344 e. The summed E-state index contributed by atoms with van der Waals surface area (Å²) in [6.45, 7) is 6.92. The number of ether oxygens (including phenoxy) is 3. The lowest BCUT2D eigenvalue weighted by Crippen LogP contribution is -2.28. The van der Waals surface area contributed by atoms with E-state index >= 15 is 0 Å². The van der Waals surface area contributed by atoms with Gasteiger partial charge < -0.3 is 14.2 Å². The van der Waals surface area contributed by atoms with Crippen molar-refractivity contribution in [3.05, 3.63) is 69.6 Å². The molecule has 1 aliphatic carbocycles. The molecule has 0 saturated heterocycles. The standard InChI is InChI=1S/C17H17NO5.C5H6S.C2H6O/c1-17(2,3)23-15(20)9-22-14-8-13(18-10-19)11-6-4-5-7-12(11)16(14)21;1-5-3-2-4-6-5;1-3-2/h4-8,10H,9H2,1-3H3;2-4H,1H3;1-2H3. The minimum atomic E-state index is -0.637. The van der Waals surface area contributed by atoms with E-state index in [4.69, 9.17) is 9.47 Å². The molecule has 8 heteroatoms. The molecule has 0 aliphatic heterocycles. The zero-order valence-electron chi connectivity index (χ0n) is 19.2. The molecule has 0 bridgehead atoms. The summed E-state index contributed by atoms with van der Waals surface area (Å²) in [4.78, 5) is 39.8. The monoisotopic (exact) mass is 459 g/mol. The van der Waals surface area contributed by atoms with E-state index in [-0.39, 0.29) is 11.5 Å². The second-order valence-corrected chi connectivity index (χ2v) is 8.66. The van der Waals surface area contributed by atoms with Crippen LogP contribution in [0.1, 0.15) is 41.6 Å². The fourth-order valence-corrected chi connectivity index (χ4v) is 2.97. The minimum Gasteiger partial charge on any atom is -0.478 e. The number of rotatable bonds is 4. The zero-order valence-corrected chi connectivity index (χ0v) is 20.0. The molecule has 1 aromatic heterocycles. The number of fused-ring (bicyclic) bond motifs is 1. The second kappa shape index (κ2) is 13.3. The van der Waals surface area contributed by atoms with Crippen molar-refractivity contribution in [3.8, 4) is 0 Å². The maximum Gasteiger partial charge on any atom is 0.344 e. The van der Waals surface area contributed by atoms with Gasteiger partial charge in [0, 0.05) is 36.3 Å². The van der Waals surface area contributed by atoms with Crippen LogP contribution in [0.25, 0.3) is 0 Å². The van der Waals surface area contributed by atoms with Crippen molar-refractivity contribution in [1.29, 1.82) is 0 Å². The van der Waals surface area contributed by atoms with Crippen LogP contribution in [0.2, 0.25) is 0 Å². The number of allylic oxidation sites excluding steroid dienone is 2. The number of thiophene rings is 1. The molecule has 2 aromatic rings. The third kappa shape index (κ3) is 9.36. The molecule has 0 fully saturated rings. The van der Waals surface area contributed by atoms with Crippen LogP contribution in [0, 0.1) is 6.92 Å². The number of carbonyl (C=O) groups is 3. The first kappa shape index (κ1) is 26.9. The molecule has 0 atom stereocenters. The quantitative estimate of drug-likeness (QED) is 0.497. The number of Topliss-reactive ketones (excluding diaryl/α,β-unsaturated/α-hetero) is 1. The number of hydrogen-bond donors (Lipinski definition) is 0. The zero-order chi connectivity index (χ0) is 24.1. The summed E-state index contributed by atoms with van der Waals surface area (Å²) in [5.74, 6) is -0.997. The topological polar surface area (TPSA) is 91.3 Å². The molecule has 172 valence electrons. The Balaban J connectivity index is 0.000000475. The van der Waals surface area contributed by atoms with Crippen molar-refractivity contribution in [2.45, 2.75) is 33.3 Å². The first-order valence-electron chi connectivity index (χ1n) is 9.75. The van der Waals surface area contributed by atoms with Crippen molar-refractivity contribution in [3.63, 3.8) is 0 Å². The highest BCUT2D eigenvalue weighted by atomic mass is 32.1. The molecule has 0 saturated carbocycles. The van der Waals surface area contributed by atoms with E-state index in [1.54, 1.807) is 70.6 Å². The fourth-order valence-electron chi connectivity index (χ4n) is 2.44. The summed E-state index contributed by atoms with van der Waals surface area (Å²) in [6, 6.07) is 10.9. The Labute approximate surface area is 192 Å². The molecule has 0 radical (unpaired) electrons. The van der Waals surface area contributed by atoms with Crippen molar-refractivity contribution in [2.24, 2.45) is 4.99 Å². The van der Waals surface area contributed by atoms with Gasteiger partial charge in [-0.25, -0.2) is 9.79 Å². The van der Waals surface area contributed by atoms with Crippen LogP contribution < -0.4 is 0 Å². The minimum absolute atomic E-state index is 0.0461. The van der Waals surface area contributed by atoms with Crippen LogP contribution in [0.4, 0.5) is 0 Å². The molecule has 1 aliphatic rings. The van der Waals surface area contributed by atoms with Gasteiger partial charge in [0.05, 0.1) is 5.71 Å². The van der Waals surface area contributed by atoms with Gasteiger partial charge in [0.15, 0.2) is 12.4 Å². The molecule has 0 unspecified atom stereocenters. The Morgan fingerprint density at radius 3 is 2.19 bits per heavy atom. The molecule has 7 nitrogen and oxygen atoms in total. The van der Waals surface area contributed by atoms with E-state index in [1.165, 1.54) is 11.0 Å². The highest BCUT2D eigenvalue weighted by Crippen LogP contribution is 2.22. The van der Waals surface area contributed by atoms with E-state index in [0.717, 1.165) is 0 Å². The summed E-state index contributed by atoms with van der Waals surface area (Å²) < 4.78 is 14.6. The lowest BCUT2D eigenvalue weighted by atomic mass is 9.93. The highest BCUT2D eigenvalue weighted by molar-refractivity contribution is 7.09. The molecule has 0 spiro atoms. The number of hydrogen-bond acceptors (Lipinski definition) is 7. The third-order valence-corrected chi connectivity index (χ3v) is 4.36. The van der Waals surface area contributed by atoms with Crippen LogP contribution >= 0.6 is 11.3 Å². The average Bonchev–Trinajstić information content (AvgIpc) is 3.20. The van der Waals surface area contributed by atoms with Gasteiger partial charge in [-0.15, -0.1) is 11.3 Å². The Kier molecular flexibility index (Phi) is 11.2. The molecule has 1 heterocycles. The van der Waals surface area contributed by atoms with Gasteiger partial charge in [-0.05, 0) is 39.1 Å². The Morgan fingerprint density at radius 1 is 1.09 bits per heavy atom. The van der Waals surface area contributed by atoms with Gasteiger partial charge in [-0.2, -0.15) is 0 Å². The summed E-state index contributed by atoms with van der Waals surface area (Å²) in [6.07, 6.45) is 1.74. The van der Waals surface area contributed by atoms with Gasteiger partial charge in [0.1, 0.15) is 5.60 Å². The first-order chi connectivity index (χ1) is 15.1. The van der Waals surface area contributed by atoms with Crippen molar-refractivity contribution in [1.82, 2.24) is 0 Å². The van der Waals surface area contributed by atoms with Crippen LogP contribution in [0.15, 0.2) is 58.6 Å². The molecule has 1 amide bonds.